The lowest BCUT2D eigenvalue weighted by atomic mass is 10.1. The van der Waals surface area contributed by atoms with Crippen molar-refractivity contribution in [1.82, 2.24) is 19.1 Å². The van der Waals surface area contributed by atoms with Crippen LogP contribution in [0, 0.1) is 0 Å². The standard InChI is InChI=1S/C11H15N5O5/c1-15-5-8(12)13-3-14-9(5)16(11(15)20)10-7(19)6(18)4(2-17)21-10/h3-4,6-7,10,17-19H,2H2,1H3,(H2,12,13,14)/t4-,6+,7-,10+/m0/s1. The number of ether oxygens (including phenoxy) is 1. The van der Waals surface area contributed by atoms with E-state index in [4.69, 9.17) is 15.6 Å². The Bertz CT molecular complexity index is 740. The van der Waals surface area contributed by atoms with Gasteiger partial charge in [0.25, 0.3) is 0 Å². The van der Waals surface area contributed by atoms with Gasteiger partial charge in [-0.3, -0.25) is 4.57 Å². The van der Waals surface area contributed by atoms with Crippen LogP contribution in [0.3, 0.4) is 0 Å². The number of nitrogens with two attached hydrogens (primary N) is 1. The number of anilines is 1. The Morgan fingerprint density at radius 3 is 2.71 bits per heavy atom. The number of rotatable bonds is 2. The molecule has 0 unspecified atom stereocenters. The van der Waals surface area contributed by atoms with Gasteiger partial charge in [-0.1, -0.05) is 0 Å². The summed E-state index contributed by atoms with van der Waals surface area (Å²) in [6.07, 6.45) is -3.63. The molecule has 21 heavy (non-hydrogen) atoms. The summed E-state index contributed by atoms with van der Waals surface area (Å²) in [6.45, 7) is -0.481. The van der Waals surface area contributed by atoms with E-state index in [1.54, 1.807) is 0 Å². The summed E-state index contributed by atoms with van der Waals surface area (Å²) in [4.78, 5) is 20.2. The summed E-state index contributed by atoms with van der Waals surface area (Å²) < 4.78 is 7.69. The average molecular weight is 297 g/mol. The highest BCUT2D eigenvalue weighted by Gasteiger charge is 2.45. The van der Waals surface area contributed by atoms with Crippen LogP contribution in [0.1, 0.15) is 6.23 Å². The van der Waals surface area contributed by atoms with Crippen LogP contribution in [-0.4, -0.2) is 59.3 Å². The third-order valence-electron chi connectivity index (χ3n) is 3.66. The summed E-state index contributed by atoms with van der Waals surface area (Å²) in [7, 11) is 1.49. The Hall–Kier alpha value is -2.01. The van der Waals surface area contributed by atoms with Crippen molar-refractivity contribution in [2.24, 2.45) is 7.05 Å². The van der Waals surface area contributed by atoms with Crippen LogP contribution < -0.4 is 11.4 Å². The maximum atomic E-state index is 12.3. The van der Waals surface area contributed by atoms with Crippen LogP contribution in [0.5, 0.6) is 0 Å². The molecule has 2 aromatic heterocycles. The van der Waals surface area contributed by atoms with Crippen molar-refractivity contribution in [2.45, 2.75) is 24.5 Å². The van der Waals surface area contributed by atoms with Crippen LogP contribution in [-0.2, 0) is 11.8 Å². The Balaban J connectivity index is 2.20. The Morgan fingerprint density at radius 2 is 2.10 bits per heavy atom. The Morgan fingerprint density at radius 1 is 1.38 bits per heavy atom. The maximum absolute atomic E-state index is 12.3. The van der Waals surface area contributed by atoms with Gasteiger partial charge < -0.3 is 25.8 Å². The molecule has 1 aliphatic heterocycles. The summed E-state index contributed by atoms with van der Waals surface area (Å²) in [5.74, 6) is 0.116. The van der Waals surface area contributed by atoms with Crippen molar-refractivity contribution in [1.29, 1.82) is 0 Å². The first-order chi connectivity index (χ1) is 9.97. The molecule has 3 rings (SSSR count). The zero-order valence-electron chi connectivity index (χ0n) is 11.1. The van der Waals surface area contributed by atoms with Crippen LogP contribution in [0.2, 0.25) is 0 Å². The highest BCUT2D eigenvalue weighted by Crippen LogP contribution is 2.30. The molecule has 2 aromatic rings. The molecular weight excluding hydrogens is 282 g/mol. The fourth-order valence-electron chi connectivity index (χ4n) is 2.55. The summed E-state index contributed by atoms with van der Waals surface area (Å²) in [5.41, 5.74) is 5.71. The first kappa shape index (κ1) is 13.9. The normalized spacial score (nSPS) is 29.3. The lowest BCUT2D eigenvalue weighted by Crippen LogP contribution is -2.35. The average Bonchev–Trinajstić information content (AvgIpc) is 2.88. The van der Waals surface area contributed by atoms with Gasteiger partial charge in [-0.15, -0.1) is 0 Å². The molecular formula is C11H15N5O5. The van der Waals surface area contributed by atoms with Crippen molar-refractivity contribution in [2.75, 3.05) is 12.3 Å². The number of nitrogens with zero attached hydrogens (tertiary/aromatic N) is 4. The van der Waals surface area contributed by atoms with Gasteiger partial charge >= 0.3 is 5.69 Å². The minimum Gasteiger partial charge on any atom is -0.394 e. The van der Waals surface area contributed by atoms with E-state index >= 15 is 0 Å². The highest BCUT2D eigenvalue weighted by atomic mass is 16.6. The number of aliphatic hydroxyl groups excluding tert-OH is 3. The van der Waals surface area contributed by atoms with E-state index in [0.717, 1.165) is 4.57 Å². The summed E-state index contributed by atoms with van der Waals surface area (Å²) >= 11 is 0. The van der Waals surface area contributed by atoms with Crippen LogP contribution in [0.25, 0.3) is 11.2 Å². The maximum Gasteiger partial charge on any atom is 0.332 e. The molecule has 10 heteroatoms. The Labute approximate surface area is 118 Å². The van der Waals surface area contributed by atoms with E-state index in [-0.39, 0.29) is 11.5 Å². The van der Waals surface area contributed by atoms with E-state index in [9.17, 15) is 15.0 Å². The van der Waals surface area contributed by atoms with Crippen molar-refractivity contribution < 1.29 is 20.1 Å². The molecule has 0 amide bonds. The molecule has 0 bridgehead atoms. The lowest BCUT2D eigenvalue weighted by molar-refractivity contribution is -0.0527. The first-order valence-corrected chi connectivity index (χ1v) is 6.27. The van der Waals surface area contributed by atoms with Crippen molar-refractivity contribution in [3.63, 3.8) is 0 Å². The number of hydrogen-bond donors (Lipinski definition) is 4. The van der Waals surface area contributed by atoms with Gasteiger partial charge in [0, 0.05) is 7.05 Å². The van der Waals surface area contributed by atoms with E-state index in [1.807, 2.05) is 0 Å². The quantitative estimate of drug-likeness (QED) is 0.468. The fraction of sp³-hybridized carbons (Fsp3) is 0.545. The minimum atomic E-state index is -1.37. The van der Waals surface area contributed by atoms with Gasteiger partial charge in [0.15, 0.2) is 17.7 Å². The second-order valence-electron chi connectivity index (χ2n) is 4.87. The molecule has 114 valence electrons. The van der Waals surface area contributed by atoms with Gasteiger partial charge in [-0.05, 0) is 0 Å². The number of imidazole rings is 1. The predicted molar refractivity (Wildman–Crippen MR) is 70.2 cm³/mol. The predicted octanol–water partition coefficient (Wildman–Crippen LogP) is -2.68. The van der Waals surface area contributed by atoms with E-state index in [0.29, 0.717) is 5.52 Å². The largest absolute Gasteiger partial charge is 0.394 e. The van der Waals surface area contributed by atoms with Crippen LogP contribution in [0.15, 0.2) is 11.1 Å². The molecule has 0 spiro atoms. The van der Waals surface area contributed by atoms with Gasteiger partial charge in [0.2, 0.25) is 0 Å². The molecule has 5 N–H and O–H groups in total. The molecule has 0 saturated carbocycles. The number of aryl methyl sites for hydroxylation is 1. The van der Waals surface area contributed by atoms with Crippen molar-refractivity contribution in [3.05, 3.63) is 16.8 Å². The molecule has 1 fully saturated rings. The number of hydrogen-bond acceptors (Lipinski definition) is 8. The van der Waals surface area contributed by atoms with Gasteiger partial charge in [-0.2, -0.15) is 0 Å². The molecule has 10 nitrogen and oxygen atoms in total. The highest BCUT2D eigenvalue weighted by molar-refractivity contribution is 5.82. The zero-order valence-corrected chi connectivity index (χ0v) is 11.1. The molecule has 1 aliphatic rings. The number of fused-ring (bicyclic) bond motifs is 1. The minimum absolute atomic E-state index is 0.116. The summed E-state index contributed by atoms with van der Waals surface area (Å²) in [5, 5.41) is 29.0. The molecule has 1 saturated heterocycles. The second-order valence-corrected chi connectivity index (χ2v) is 4.87. The van der Waals surface area contributed by atoms with Crippen LogP contribution in [0.4, 0.5) is 5.82 Å². The number of aromatic nitrogens is 4. The molecule has 0 aliphatic carbocycles. The van der Waals surface area contributed by atoms with Gasteiger partial charge in [-0.25, -0.2) is 19.3 Å². The topological polar surface area (TPSA) is 149 Å². The zero-order chi connectivity index (χ0) is 15.3. The summed E-state index contributed by atoms with van der Waals surface area (Å²) in [6, 6.07) is 0. The monoisotopic (exact) mass is 297 g/mol. The first-order valence-electron chi connectivity index (χ1n) is 6.27. The van der Waals surface area contributed by atoms with E-state index < -0.39 is 36.8 Å². The van der Waals surface area contributed by atoms with E-state index in [1.165, 1.54) is 17.9 Å². The number of nitrogen functional groups attached to an aromatic ring is 1. The van der Waals surface area contributed by atoms with Gasteiger partial charge in [0.1, 0.15) is 30.2 Å². The third-order valence-corrected chi connectivity index (χ3v) is 3.66. The van der Waals surface area contributed by atoms with Crippen molar-refractivity contribution >= 4 is 17.0 Å². The third kappa shape index (κ3) is 1.84. The molecule has 4 atom stereocenters. The van der Waals surface area contributed by atoms with Crippen molar-refractivity contribution in [3.8, 4) is 0 Å². The SMILES string of the molecule is Cn1c(=O)n([C@@H]2O[C@@H](CO)[C@@H](O)[C@@H]2O)c2ncnc(N)c21. The van der Waals surface area contributed by atoms with Crippen LogP contribution >= 0.6 is 0 Å². The number of aliphatic hydroxyl groups is 3. The van der Waals surface area contributed by atoms with E-state index in [2.05, 4.69) is 9.97 Å². The Kier molecular flexibility index (Phi) is 3.17. The molecule has 0 radical (unpaired) electrons. The van der Waals surface area contributed by atoms with Gasteiger partial charge in [0.05, 0.1) is 6.61 Å². The molecule has 3 heterocycles. The molecule has 0 aromatic carbocycles. The second kappa shape index (κ2) is 4.77. The lowest BCUT2D eigenvalue weighted by Gasteiger charge is -2.15. The smallest absolute Gasteiger partial charge is 0.332 e. The fourth-order valence-corrected chi connectivity index (χ4v) is 2.55.